The Bertz CT molecular complexity index is 1060. The van der Waals surface area contributed by atoms with Gasteiger partial charge in [0.05, 0.1) is 23.4 Å². The predicted octanol–water partition coefficient (Wildman–Crippen LogP) is 4.76. The molecular weight excluding hydrogens is 417 g/mol. The molecule has 1 amide bonds. The van der Waals surface area contributed by atoms with Gasteiger partial charge in [0.25, 0.3) is 0 Å². The van der Waals surface area contributed by atoms with Crippen LogP contribution in [0.2, 0.25) is 5.15 Å². The number of nitrogens with zero attached hydrogens (tertiary/aromatic N) is 4. The summed E-state index contributed by atoms with van der Waals surface area (Å²) in [4.78, 5) is 18.3. The Hall–Kier alpha value is -2.87. The number of hydrogen-bond acceptors (Lipinski definition) is 3. The van der Waals surface area contributed by atoms with Crippen molar-refractivity contribution in [3.63, 3.8) is 0 Å². The topological polar surface area (TPSA) is 51.0 Å². The van der Waals surface area contributed by atoms with E-state index in [1.165, 1.54) is 10.7 Å². The SMILES string of the molecule is Cc1nn(-c2cccc(C(F)(F)F)c2)c(C)c1CC(=O)N(C)Cc1ccc(Cl)nc1. The molecule has 0 saturated carbocycles. The summed E-state index contributed by atoms with van der Waals surface area (Å²) < 4.78 is 40.6. The van der Waals surface area contributed by atoms with Gasteiger partial charge in [0.1, 0.15) is 5.15 Å². The summed E-state index contributed by atoms with van der Waals surface area (Å²) in [5, 5.41) is 4.74. The first-order valence-corrected chi connectivity index (χ1v) is 9.51. The maximum atomic E-state index is 13.0. The van der Waals surface area contributed by atoms with Gasteiger partial charge in [-0.3, -0.25) is 4.79 Å². The highest BCUT2D eigenvalue weighted by atomic mass is 35.5. The van der Waals surface area contributed by atoms with Gasteiger partial charge in [-0.2, -0.15) is 18.3 Å². The van der Waals surface area contributed by atoms with E-state index >= 15 is 0 Å². The van der Waals surface area contributed by atoms with Crippen LogP contribution < -0.4 is 0 Å². The van der Waals surface area contributed by atoms with Crippen LogP contribution in [0.3, 0.4) is 0 Å². The Kier molecular flexibility index (Phi) is 6.17. The van der Waals surface area contributed by atoms with Crippen LogP contribution in [0.25, 0.3) is 5.69 Å². The van der Waals surface area contributed by atoms with Crippen molar-refractivity contribution >= 4 is 17.5 Å². The third-order valence-corrected chi connectivity index (χ3v) is 5.04. The molecule has 0 bridgehead atoms. The van der Waals surface area contributed by atoms with Gasteiger partial charge in [0, 0.05) is 31.0 Å². The zero-order valence-electron chi connectivity index (χ0n) is 16.7. The molecule has 0 N–H and O–H groups in total. The molecule has 0 radical (unpaired) electrons. The van der Waals surface area contributed by atoms with E-state index < -0.39 is 11.7 Å². The van der Waals surface area contributed by atoms with Crippen LogP contribution in [0, 0.1) is 13.8 Å². The number of aromatic nitrogens is 3. The molecule has 30 heavy (non-hydrogen) atoms. The normalized spacial score (nSPS) is 11.6. The molecule has 2 heterocycles. The van der Waals surface area contributed by atoms with Crippen molar-refractivity contribution in [1.29, 1.82) is 0 Å². The molecule has 0 aliphatic carbocycles. The van der Waals surface area contributed by atoms with Crippen LogP contribution in [0.1, 0.15) is 28.1 Å². The van der Waals surface area contributed by atoms with Gasteiger partial charge in [-0.15, -0.1) is 0 Å². The van der Waals surface area contributed by atoms with E-state index in [-0.39, 0.29) is 12.3 Å². The lowest BCUT2D eigenvalue weighted by Crippen LogP contribution is -2.28. The minimum absolute atomic E-state index is 0.0914. The second kappa shape index (κ2) is 8.47. The van der Waals surface area contributed by atoms with Crippen molar-refractivity contribution in [3.05, 3.63) is 75.8 Å². The minimum atomic E-state index is -4.44. The second-order valence-corrected chi connectivity index (χ2v) is 7.41. The van der Waals surface area contributed by atoms with Gasteiger partial charge in [0.2, 0.25) is 5.91 Å². The zero-order chi connectivity index (χ0) is 22.1. The van der Waals surface area contributed by atoms with Gasteiger partial charge >= 0.3 is 6.18 Å². The van der Waals surface area contributed by atoms with Crippen molar-refractivity contribution in [1.82, 2.24) is 19.7 Å². The molecule has 9 heteroatoms. The average Bonchev–Trinajstić information content (AvgIpc) is 2.97. The summed E-state index contributed by atoms with van der Waals surface area (Å²) in [5.41, 5.74) is 2.30. The van der Waals surface area contributed by atoms with Gasteiger partial charge < -0.3 is 4.90 Å². The summed E-state index contributed by atoms with van der Waals surface area (Å²) in [7, 11) is 1.68. The summed E-state index contributed by atoms with van der Waals surface area (Å²) in [6.45, 7) is 3.84. The molecule has 0 spiro atoms. The first-order valence-electron chi connectivity index (χ1n) is 9.13. The van der Waals surface area contributed by atoms with Crippen LogP contribution in [-0.4, -0.2) is 32.6 Å². The Morgan fingerprint density at radius 3 is 2.57 bits per heavy atom. The number of alkyl halides is 3. The van der Waals surface area contributed by atoms with Crippen LogP contribution in [0.5, 0.6) is 0 Å². The van der Waals surface area contributed by atoms with Crippen molar-refractivity contribution < 1.29 is 18.0 Å². The fraction of sp³-hybridized carbons (Fsp3) is 0.286. The first kappa shape index (κ1) is 21.8. The number of likely N-dealkylation sites (N-methyl/N-ethyl adjacent to an activating group) is 1. The van der Waals surface area contributed by atoms with Crippen molar-refractivity contribution in [2.45, 2.75) is 33.0 Å². The number of hydrogen-bond donors (Lipinski definition) is 0. The quantitative estimate of drug-likeness (QED) is 0.542. The Morgan fingerprint density at radius 2 is 1.93 bits per heavy atom. The number of carbonyl (C=O) groups excluding carboxylic acids is 1. The maximum Gasteiger partial charge on any atom is 0.416 e. The molecule has 1 aromatic carbocycles. The molecule has 0 unspecified atom stereocenters. The largest absolute Gasteiger partial charge is 0.416 e. The Labute approximate surface area is 177 Å². The lowest BCUT2D eigenvalue weighted by Gasteiger charge is -2.17. The predicted molar refractivity (Wildman–Crippen MR) is 107 cm³/mol. The molecule has 3 rings (SSSR count). The Morgan fingerprint density at radius 1 is 1.20 bits per heavy atom. The first-order chi connectivity index (χ1) is 14.1. The monoisotopic (exact) mass is 436 g/mol. The van der Waals surface area contributed by atoms with E-state index in [4.69, 9.17) is 11.6 Å². The van der Waals surface area contributed by atoms with Crippen LogP contribution in [0.4, 0.5) is 13.2 Å². The molecule has 2 aromatic heterocycles. The number of carbonyl (C=O) groups is 1. The fourth-order valence-corrected chi connectivity index (χ4v) is 3.26. The van der Waals surface area contributed by atoms with Gasteiger partial charge in [0.15, 0.2) is 0 Å². The zero-order valence-corrected chi connectivity index (χ0v) is 17.4. The van der Waals surface area contributed by atoms with E-state index in [2.05, 4.69) is 10.1 Å². The van der Waals surface area contributed by atoms with Crippen LogP contribution >= 0.6 is 11.6 Å². The molecule has 5 nitrogen and oxygen atoms in total. The molecule has 0 saturated heterocycles. The third-order valence-electron chi connectivity index (χ3n) is 4.82. The van der Waals surface area contributed by atoms with E-state index in [9.17, 15) is 18.0 Å². The smallest absolute Gasteiger partial charge is 0.341 e. The molecule has 0 aliphatic rings. The van der Waals surface area contributed by atoms with E-state index in [1.807, 2.05) is 0 Å². The van der Waals surface area contributed by atoms with Crippen molar-refractivity contribution in [2.75, 3.05) is 7.05 Å². The van der Waals surface area contributed by atoms with Crippen LogP contribution in [0.15, 0.2) is 42.6 Å². The van der Waals surface area contributed by atoms with Crippen molar-refractivity contribution in [3.8, 4) is 5.69 Å². The highest BCUT2D eigenvalue weighted by Crippen LogP contribution is 2.31. The lowest BCUT2D eigenvalue weighted by molar-refractivity contribution is -0.137. The second-order valence-electron chi connectivity index (χ2n) is 7.03. The van der Waals surface area contributed by atoms with E-state index in [1.54, 1.807) is 50.2 Å². The van der Waals surface area contributed by atoms with Gasteiger partial charge in [-0.25, -0.2) is 9.67 Å². The summed E-state index contributed by atoms with van der Waals surface area (Å²) >= 11 is 5.78. The third kappa shape index (κ3) is 4.81. The highest BCUT2D eigenvalue weighted by Gasteiger charge is 2.31. The molecule has 0 atom stereocenters. The molecule has 0 aliphatic heterocycles. The minimum Gasteiger partial charge on any atom is -0.341 e. The Balaban J connectivity index is 1.80. The molecule has 3 aromatic rings. The maximum absolute atomic E-state index is 13.0. The average molecular weight is 437 g/mol. The number of benzene rings is 1. The van der Waals surface area contributed by atoms with Gasteiger partial charge in [-0.1, -0.05) is 23.7 Å². The number of amides is 1. The lowest BCUT2D eigenvalue weighted by atomic mass is 10.1. The molecule has 158 valence electrons. The fourth-order valence-electron chi connectivity index (χ4n) is 3.14. The highest BCUT2D eigenvalue weighted by molar-refractivity contribution is 6.29. The molecular formula is C21H20ClF3N4O. The summed E-state index contributed by atoms with van der Waals surface area (Å²) in [5.74, 6) is -0.139. The standard InChI is InChI=1S/C21H20ClF3N4O/c1-13-18(10-20(30)28(3)12-15-7-8-19(22)26-11-15)14(2)29(27-13)17-6-4-5-16(9-17)21(23,24)25/h4-9,11H,10,12H2,1-3H3. The van der Waals surface area contributed by atoms with Gasteiger partial charge in [-0.05, 0) is 43.7 Å². The van der Waals surface area contributed by atoms with Crippen molar-refractivity contribution in [2.24, 2.45) is 0 Å². The molecule has 0 fully saturated rings. The summed E-state index contributed by atoms with van der Waals surface area (Å²) in [6.07, 6.45) is -2.74. The number of pyridine rings is 1. The van der Waals surface area contributed by atoms with E-state index in [0.717, 1.165) is 17.7 Å². The number of aryl methyl sites for hydroxylation is 1. The van der Waals surface area contributed by atoms with Crippen LogP contribution in [-0.2, 0) is 23.9 Å². The summed E-state index contributed by atoms with van der Waals surface area (Å²) in [6, 6.07) is 8.40. The van der Waals surface area contributed by atoms with E-state index in [0.29, 0.717) is 34.3 Å². The number of rotatable bonds is 5. The number of halogens is 4.